The first-order valence-electron chi connectivity index (χ1n) is 4.91. The van der Waals surface area contributed by atoms with Crippen molar-refractivity contribution in [2.24, 2.45) is 11.8 Å². The van der Waals surface area contributed by atoms with Gasteiger partial charge in [-0.15, -0.1) is 8.58 Å². The maximum atomic E-state index is 2.37. The predicted molar refractivity (Wildman–Crippen MR) is 54.8 cm³/mol. The van der Waals surface area contributed by atoms with Crippen LogP contribution in [0.3, 0.4) is 0 Å². The van der Waals surface area contributed by atoms with Crippen LogP contribution in [0.25, 0.3) is 0 Å². The lowest BCUT2D eigenvalue weighted by Crippen LogP contribution is -2.18. The molecular formula is C10H21P. The van der Waals surface area contributed by atoms with Crippen LogP contribution in [0.5, 0.6) is 0 Å². The van der Waals surface area contributed by atoms with Gasteiger partial charge in [-0.2, -0.15) is 0 Å². The second-order valence-corrected chi connectivity index (χ2v) is 5.54. The maximum absolute atomic E-state index is 2.37. The van der Waals surface area contributed by atoms with Gasteiger partial charge >= 0.3 is 0 Å². The molecule has 66 valence electrons. The van der Waals surface area contributed by atoms with Crippen molar-refractivity contribution in [1.82, 2.24) is 0 Å². The van der Waals surface area contributed by atoms with Crippen LogP contribution in [0.15, 0.2) is 0 Å². The van der Waals surface area contributed by atoms with Crippen molar-refractivity contribution >= 4 is 8.58 Å². The van der Waals surface area contributed by atoms with E-state index in [2.05, 4.69) is 20.5 Å². The molecule has 0 amide bonds. The van der Waals surface area contributed by atoms with Gasteiger partial charge in [-0.05, 0) is 49.8 Å². The van der Waals surface area contributed by atoms with Crippen molar-refractivity contribution in [3.63, 3.8) is 0 Å². The molecule has 1 unspecified atom stereocenters. The Bertz CT molecular complexity index is 101. The van der Waals surface area contributed by atoms with E-state index in [-0.39, 0.29) is 0 Å². The van der Waals surface area contributed by atoms with Crippen LogP contribution in [0.2, 0.25) is 0 Å². The first-order valence-corrected chi connectivity index (χ1v) is 6.49. The molecule has 0 aromatic heterocycles. The van der Waals surface area contributed by atoms with Crippen molar-refractivity contribution < 1.29 is 0 Å². The SMILES string of the molecule is CPC1CCC(C(C)C)CC1. The molecule has 0 radical (unpaired) electrons. The zero-order valence-electron chi connectivity index (χ0n) is 8.06. The Morgan fingerprint density at radius 3 is 2.00 bits per heavy atom. The normalized spacial score (nSPS) is 33.8. The molecule has 11 heavy (non-hydrogen) atoms. The van der Waals surface area contributed by atoms with Crippen molar-refractivity contribution in [3.05, 3.63) is 0 Å². The molecule has 1 saturated carbocycles. The first-order chi connectivity index (χ1) is 5.24. The van der Waals surface area contributed by atoms with E-state index in [0.717, 1.165) is 17.5 Å². The lowest BCUT2D eigenvalue weighted by molar-refractivity contribution is 0.283. The molecule has 0 heterocycles. The summed E-state index contributed by atoms with van der Waals surface area (Å²) < 4.78 is 0. The summed E-state index contributed by atoms with van der Waals surface area (Å²) in [5.74, 6) is 1.97. The summed E-state index contributed by atoms with van der Waals surface area (Å²) in [5.41, 5.74) is 1.09. The van der Waals surface area contributed by atoms with E-state index in [0.29, 0.717) is 0 Å². The Morgan fingerprint density at radius 2 is 1.64 bits per heavy atom. The fourth-order valence-electron chi connectivity index (χ4n) is 2.07. The summed E-state index contributed by atoms with van der Waals surface area (Å²) in [6.45, 7) is 7.11. The minimum absolute atomic E-state index is 0.927. The van der Waals surface area contributed by atoms with Gasteiger partial charge in [-0.1, -0.05) is 13.8 Å². The molecular weight excluding hydrogens is 151 g/mol. The smallest absolute Gasteiger partial charge is 0.0239 e. The molecule has 0 aromatic carbocycles. The molecule has 1 aliphatic carbocycles. The van der Waals surface area contributed by atoms with Crippen LogP contribution in [0.4, 0.5) is 0 Å². The quantitative estimate of drug-likeness (QED) is 0.559. The fourth-order valence-corrected chi connectivity index (χ4v) is 2.99. The summed E-state index contributed by atoms with van der Waals surface area (Å²) in [6, 6.07) is 0. The summed E-state index contributed by atoms with van der Waals surface area (Å²) in [7, 11) is 1.19. The highest BCUT2D eigenvalue weighted by Crippen LogP contribution is 2.36. The molecule has 1 heteroatoms. The van der Waals surface area contributed by atoms with E-state index in [1.165, 1.54) is 34.3 Å². The van der Waals surface area contributed by atoms with E-state index in [1.807, 2.05) is 0 Å². The van der Waals surface area contributed by atoms with Gasteiger partial charge in [0, 0.05) is 0 Å². The van der Waals surface area contributed by atoms with Gasteiger partial charge in [0.05, 0.1) is 0 Å². The Morgan fingerprint density at radius 1 is 1.09 bits per heavy atom. The fraction of sp³-hybridized carbons (Fsp3) is 1.00. The summed E-state index contributed by atoms with van der Waals surface area (Å²) in [4.78, 5) is 0. The minimum atomic E-state index is 0.927. The van der Waals surface area contributed by atoms with E-state index in [9.17, 15) is 0 Å². The topological polar surface area (TPSA) is 0 Å². The van der Waals surface area contributed by atoms with Gasteiger partial charge in [0.1, 0.15) is 0 Å². The minimum Gasteiger partial charge on any atom is -0.122 e. The molecule has 1 aliphatic rings. The molecule has 0 nitrogen and oxygen atoms in total. The molecule has 0 N–H and O–H groups in total. The maximum Gasteiger partial charge on any atom is -0.0239 e. The Hall–Kier alpha value is 0.430. The van der Waals surface area contributed by atoms with E-state index < -0.39 is 0 Å². The van der Waals surface area contributed by atoms with Crippen molar-refractivity contribution in [1.29, 1.82) is 0 Å². The lowest BCUT2D eigenvalue weighted by atomic mass is 9.81. The molecule has 0 aromatic rings. The molecule has 0 spiro atoms. The van der Waals surface area contributed by atoms with Crippen molar-refractivity contribution in [3.8, 4) is 0 Å². The third kappa shape index (κ3) is 2.75. The van der Waals surface area contributed by atoms with Crippen molar-refractivity contribution in [2.45, 2.75) is 45.2 Å². The molecule has 1 rings (SSSR count). The van der Waals surface area contributed by atoms with E-state index in [1.54, 1.807) is 0 Å². The highest BCUT2D eigenvalue weighted by atomic mass is 31.1. The predicted octanol–water partition coefficient (Wildman–Crippen LogP) is 3.51. The zero-order valence-corrected chi connectivity index (χ0v) is 9.06. The number of hydrogen-bond donors (Lipinski definition) is 0. The average Bonchev–Trinajstić information content (AvgIpc) is 2.05. The third-order valence-electron chi connectivity index (χ3n) is 3.12. The van der Waals surface area contributed by atoms with Crippen LogP contribution in [-0.4, -0.2) is 12.3 Å². The number of rotatable bonds is 2. The monoisotopic (exact) mass is 172 g/mol. The van der Waals surface area contributed by atoms with Crippen LogP contribution < -0.4 is 0 Å². The second-order valence-electron chi connectivity index (χ2n) is 4.14. The van der Waals surface area contributed by atoms with E-state index >= 15 is 0 Å². The van der Waals surface area contributed by atoms with Crippen LogP contribution in [-0.2, 0) is 0 Å². The lowest BCUT2D eigenvalue weighted by Gasteiger charge is -2.30. The van der Waals surface area contributed by atoms with Crippen LogP contribution in [0, 0.1) is 11.8 Å². The molecule has 1 fully saturated rings. The Kier molecular flexibility index (Phi) is 3.85. The summed E-state index contributed by atoms with van der Waals surface area (Å²) in [6.07, 6.45) is 6.03. The summed E-state index contributed by atoms with van der Waals surface area (Å²) in [5, 5.41) is 0. The summed E-state index contributed by atoms with van der Waals surface area (Å²) >= 11 is 0. The second kappa shape index (κ2) is 4.45. The van der Waals surface area contributed by atoms with Crippen LogP contribution >= 0.6 is 8.58 Å². The zero-order chi connectivity index (χ0) is 8.27. The van der Waals surface area contributed by atoms with Gasteiger partial charge in [0.25, 0.3) is 0 Å². The molecule has 0 aliphatic heterocycles. The van der Waals surface area contributed by atoms with Gasteiger partial charge in [0.2, 0.25) is 0 Å². The third-order valence-corrected chi connectivity index (χ3v) is 4.52. The van der Waals surface area contributed by atoms with Crippen LogP contribution in [0.1, 0.15) is 39.5 Å². The van der Waals surface area contributed by atoms with E-state index in [4.69, 9.17) is 0 Å². The number of hydrogen-bond acceptors (Lipinski definition) is 0. The molecule has 0 bridgehead atoms. The highest BCUT2D eigenvalue weighted by Gasteiger charge is 2.21. The molecule has 0 saturated heterocycles. The van der Waals surface area contributed by atoms with Crippen molar-refractivity contribution in [2.75, 3.05) is 6.66 Å². The van der Waals surface area contributed by atoms with Gasteiger partial charge < -0.3 is 0 Å². The van der Waals surface area contributed by atoms with Gasteiger partial charge in [-0.25, -0.2) is 0 Å². The highest BCUT2D eigenvalue weighted by molar-refractivity contribution is 7.37. The van der Waals surface area contributed by atoms with Gasteiger partial charge in [-0.3, -0.25) is 0 Å². The Balaban J connectivity index is 2.24. The molecule has 1 atom stereocenters. The Labute approximate surface area is 72.9 Å². The standard InChI is InChI=1S/C10H21P/c1-8(2)9-4-6-10(11-3)7-5-9/h8-11H,4-7H2,1-3H3. The largest absolute Gasteiger partial charge is 0.122 e. The van der Waals surface area contributed by atoms with Gasteiger partial charge in [0.15, 0.2) is 0 Å². The first kappa shape index (κ1) is 9.52. The average molecular weight is 172 g/mol.